The van der Waals surface area contributed by atoms with E-state index in [0.29, 0.717) is 19.4 Å². The van der Waals surface area contributed by atoms with E-state index in [1.165, 1.54) is 23.7 Å². The molecule has 0 unspecified atom stereocenters. The Balaban J connectivity index is 0.949. The summed E-state index contributed by atoms with van der Waals surface area (Å²) in [5.41, 5.74) is 11.0. The largest absolute Gasteiger partial charge is 0.481 e. The Morgan fingerprint density at radius 1 is 0.671 bits per heavy atom. The standard InChI is InChI=1S/C53H67N7O10/c1-32(2)51(57-53(70)36(11-17-48(63)64)29-46(61)33(3)24-49(65)66)47(62)30-39(31-50(67)68)52(69)54-18-6-7-19-59(5)40-12-8-34(9-13-40)44-27-37-25-35(10-15-42(37)55-44)45-28-38-26-41(14-16-43(38)56-45)60-22-20-58(4)21-23-60/h8-10,12-16,25-26,32-33,36,39,51H,6-7,11,17-24,27-31H2,1-5H3,(H,54,69)(H,57,70)(H,63,64)(H,65,66)(H,67,68)/t33-,36+,39-,51-/m0/s1. The lowest BCUT2D eigenvalue weighted by molar-refractivity contribution is -0.143. The van der Waals surface area contributed by atoms with Crippen LogP contribution in [0.3, 0.4) is 0 Å². The van der Waals surface area contributed by atoms with Crippen LogP contribution in [0.25, 0.3) is 0 Å². The van der Waals surface area contributed by atoms with Crippen molar-refractivity contribution in [3.63, 3.8) is 0 Å². The number of nitrogens with zero attached hydrogens (tertiary/aromatic N) is 5. The molecule has 17 nitrogen and oxygen atoms in total. The number of carboxylic acid groups (broad SMARTS) is 3. The number of benzene rings is 3. The molecule has 3 aliphatic heterocycles. The average Bonchev–Trinajstić information content (AvgIpc) is 3.95. The zero-order valence-corrected chi connectivity index (χ0v) is 40.9. The molecule has 3 heterocycles. The second-order valence-corrected chi connectivity index (χ2v) is 19.4. The van der Waals surface area contributed by atoms with Crippen LogP contribution in [0.4, 0.5) is 22.7 Å². The summed E-state index contributed by atoms with van der Waals surface area (Å²) in [6, 6.07) is 20.2. The first-order valence-corrected chi connectivity index (χ1v) is 24.3. The number of amides is 2. The van der Waals surface area contributed by atoms with Gasteiger partial charge in [-0.3, -0.25) is 43.5 Å². The van der Waals surface area contributed by atoms with Crippen LogP contribution in [-0.4, -0.2) is 132 Å². The first kappa shape index (κ1) is 52.6. The molecule has 1 saturated heterocycles. The Hall–Kier alpha value is -6.75. The van der Waals surface area contributed by atoms with Crippen molar-refractivity contribution in [3.05, 3.63) is 82.9 Å². The number of piperazine rings is 1. The quantitative estimate of drug-likeness (QED) is 0.0593. The number of aliphatic imine (C=N–C) groups is 2. The predicted octanol–water partition coefficient (Wildman–Crippen LogP) is 5.87. The van der Waals surface area contributed by atoms with Crippen LogP contribution in [0.1, 0.15) is 94.4 Å². The number of unbranched alkanes of at least 4 members (excludes halogenated alkanes) is 1. The summed E-state index contributed by atoms with van der Waals surface area (Å²) >= 11 is 0. The minimum Gasteiger partial charge on any atom is -0.481 e. The molecule has 0 spiro atoms. The van der Waals surface area contributed by atoms with Gasteiger partial charge in [-0.15, -0.1) is 0 Å². The van der Waals surface area contributed by atoms with Gasteiger partial charge in [-0.05, 0) is 96.9 Å². The molecule has 3 aliphatic rings. The molecule has 17 heteroatoms. The Morgan fingerprint density at radius 3 is 1.90 bits per heavy atom. The topological polar surface area (TPSA) is 239 Å². The molecular formula is C53H67N7O10. The van der Waals surface area contributed by atoms with Crippen molar-refractivity contribution in [2.45, 2.75) is 91.0 Å². The van der Waals surface area contributed by atoms with Gasteiger partial charge in [0.2, 0.25) is 11.8 Å². The van der Waals surface area contributed by atoms with Gasteiger partial charge in [-0.2, -0.15) is 0 Å². The lowest BCUT2D eigenvalue weighted by atomic mass is 9.87. The average molecular weight is 962 g/mol. The summed E-state index contributed by atoms with van der Waals surface area (Å²) in [7, 11) is 4.15. The zero-order valence-electron chi connectivity index (χ0n) is 40.9. The number of carboxylic acids is 3. The molecule has 0 radical (unpaired) electrons. The minimum atomic E-state index is -1.27. The summed E-state index contributed by atoms with van der Waals surface area (Å²) in [5, 5.41) is 33.3. The minimum absolute atomic E-state index is 0.225. The van der Waals surface area contributed by atoms with Crippen molar-refractivity contribution in [3.8, 4) is 0 Å². The van der Waals surface area contributed by atoms with Gasteiger partial charge in [-0.1, -0.05) is 39.0 Å². The maximum Gasteiger partial charge on any atom is 0.304 e. The van der Waals surface area contributed by atoms with Crippen molar-refractivity contribution in [1.82, 2.24) is 15.5 Å². The van der Waals surface area contributed by atoms with E-state index in [4.69, 9.17) is 15.1 Å². The summed E-state index contributed by atoms with van der Waals surface area (Å²) in [4.78, 5) is 104. The number of rotatable bonds is 26. The van der Waals surface area contributed by atoms with Gasteiger partial charge >= 0.3 is 17.9 Å². The SMILES string of the molecule is CC(C)[C@H](NC(=O)[C@H](CCC(=O)O)CC(=O)[C@@H](C)CC(=O)O)C(=O)C[C@@H](CC(=O)O)C(=O)NCCCCN(C)c1ccc(C2=Nc3ccc(C4=Nc5ccc(N6CCN(C)CC6)cc5C4)cc3C2)cc1. The Bertz CT molecular complexity index is 2490. The predicted molar refractivity (Wildman–Crippen MR) is 268 cm³/mol. The first-order chi connectivity index (χ1) is 33.3. The highest BCUT2D eigenvalue weighted by molar-refractivity contribution is 6.10. The Kier molecular flexibility index (Phi) is 18.2. The fourth-order valence-electron chi connectivity index (χ4n) is 9.20. The Morgan fingerprint density at radius 2 is 1.27 bits per heavy atom. The molecule has 3 aromatic carbocycles. The van der Waals surface area contributed by atoms with Gasteiger partial charge in [0, 0.05) is 102 Å². The van der Waals surface area contributed by atoms with Gasteiger partial charge in [0.05, 0.1) is 47.6 Å². The first-order valence-electron chi connectivity index (χ1n) is 24.3. The van der Waals surface area contributed by atoms with Gasteiger partial charge in [0.1, 0.15) is 5.78 Å². The van der Waals surface area contributed by atoms with Crippen molar-refractivity contribution < 1.29 is 48.9 Å². The normalized spacial score (nSPS) is 16.0. The maximum absolute atomic E-state index is 13.6. The third kappa shape index (κ3) is 14.4. The van der Waals surface area contributed by atoms with E-state index >= 15 is 0 Å². The van der Waals surface area contributed by atoms with Crippen LogP contribution >= 0.6 is 0 Å². The third-order valence-electron chi connectivity index (χ3n) is 13.5. The highest BCUT2D eigenvalue weighted by Crippen LogP contribution is 2.36. The Labute approximate surface area is 409 Å². The van der Waals surface area contributed by atoms with E-state index < -0.39 is 103 Å². The molecule has 5 N–H and O–H groups in total. The summed E-state index contributed by atoms with van der Waals surface area (Å²) in [5.74, 6) is -9.93. The van der Waals surface area contributed by atoms with Crippen LogP contribution in [0.15, 0.2) is 70.6 Å². The van der Waals surface area contributed by atoms with Gasteiger partial charge in [-0.25, -0.2) is 0 Å². The number of likely N-dealkylation sites (N-methyl/N-ethyl adjacent to an activating group) is 1. The van der Waals surface area contributed by atoms with E-state index in [-0.39, 0.29) is 13.0 Å². The van der Waals surface area contributed by atoms with Crippen molar-refractivity contribution >= 4 is 75.5 Å². The van der Waals surface area contributed by atoms with E-state index in [1.807, 2.05) is 7.05 Å². The fourth-order valence-corrected chi connectivity index (χ4v) is 9.20. The number of carbonyl (C=O) groups excluding carboxylic acids is 4. The van der Waals surface area contributed by atoms with Crippen LogP contribution in [-0.2, 0) is 46.4 Å². The molecule has 3 aromatic rings. The summed E-state index contributed by atoms with van der Waals surface area (Å²) in [6.07, 6.45) is 0.199. The maximum atomic E-state index is 13.6. The van der Waals surface area contributed by atoms with Crippen LogP contribution in [0.5, 0.6) is 0 Å². The van der Waals surface area contributed by atoms with Gasteiger partial charge in [0.15, 0.2) is 5.78 Å². The molecule has 374 valence electrons. The third-order valence-corrected chi connectivity index (χ3v) is 13.5. The number of nitrogens with one attached hydrogen (secondary N) is 2. The molecule has 0 bridgehead atoms. The van der Waals surface area contributed by atoms with Gasteiger partial charge in [0.25, 0.3) is 0 Å². The molecule has 70 heavy (non-hydrogen) atoms. The van der Waals surface area contributed by atoms with Gasteiger partial charge < -0.3 is 40.7 Å². The number of hydrogen-bond acceptors (Lipinski definition) is 12. The smallest absolute Gasteiger partial charge is 0.304 e. The molecular weight excluding hydrogens is 895 g/mol. The van der Waals surface area contributed by atoms with E-state index in [0.717, 1.165) is 78.6 Å². The van der Waals surface area contributed by atoms with Crippen molar-refractivity contribution in [2.24, 2.45) is 33.7 Å². The molecule has 4 atom stereocenters. The lowest BCUT2D eigenvalue weighted by Crippen LogP contribution is -2.48. The van der Waals surface area contributed by atoms with Crippen molar-refractivity contribution in [1.29, 1.82) is 0 Å². The number of Topliss-reactive ketones (excluding diaryl/α,β-unsaturated/α-hetero) is 2. The second-order valence-electron chi connectivity index (χ2n) is 19.4. The number of hydrogen-bond donors (Lipinski definition) is 5. The number of carbonyl (C=O) groups is 7. The number of ketones is 2. The van der Waals surface area contributed by atoms with Crippen LogP contribution < -0.4 is 20.4 Å². The number of fused-ring (bicyclic) bond motifs is 2. The van der Waals surface area contributed by atoms with E-state index in [1.54, 1.807) is 13.8 Å². The number of aliphatic carboxylic acids is 3. The van der Waals surface area contributed by atoms with E-state index in [2.05, 4.69) is 93.0 Å². The molecule has 1 fully saturated rings. The monoisotopic (exact) mass is 961 g/mol. The molecule has 0 aromatic heterocycles. The summed E-state index contributed by atoms with van der Waals surface area (Å²) < 4.78 is 0. The molecule has 0 saturated carbocycles. The fraction of sp³-hybridized carbons (Fsp3) is 0.491. The molecule has 2 amide bonds. The molecule has 6 rings (SSSR count). The number of anilines is 2. The zero-order chi connectivity index (χ0) is 50.6. The summed E-state index contributed by atoms with van der Waals surface area (Å²) in [6.45, 7) is 9.83. The highest BCUT2D eigenvalue weighted by atomic mass is 16.4. The van der Waals surface area contributed by atoms with Crippen LogP contribution in [0.2, 0.25) is 0 Å². The van der Waals surface area contributed by atoms with E-state index in [9.17, 15) is 43.8 Å². The lowest BCUT2D eigenvalue weighted by Gasteiger charge is -2.34. The van der Waals surface area contributed by atoms with Crippen molar-refractivity contribution in [2.75, 3.05) is 63.2 Å². The second kappa shape index (κ2) is 24.2. The van der Waals surface area contributed by atoms with Crippen LogP contribution in [0, 0.1) is 23.7 Å². The highest BCUT2D eigenvalue weighted by Gasteiger charge is 2.34. The molecule has 0 aliphatic carbocycles.